The van der Waals surface area contributed by atoms with Crippen molar-refractivity contribution in [3.05, 3.63) is 359 Å². The number of nitrogens with zero attached hydrogens (tertiary/aromatic N) is 15. The summed E-state index contributed by atoms with van der Waals surface area (Å²) in [6, 6.07) is 68.6. The maximum absolute atomic E-state index is 12.8. The van der Waals surface area contributed by atoms with Crippen LogP contribution in [0.5, 0.6) is 0 Å². The second-order valence-electron chi connectivity index (χ2n) is 34.2. The lowest BCUT2D eigenvalue weighted by Crippen LogP contribution is -2.23. The molecule has 9 N–H and O–H groups in total. The van der Waals surface area contributed by atoms with Gasteiger partial charge in [0.25, 0.3) is 37.5 Å². The zero-order chi connectivity index (χ0) is 98.7. The molecule has 0 spiro atoms. The highest BCUT2D eigenvalue weighted by Gasteiger charge is 2.24. The number of nitrogens with one attached hydrogen (secondary N) is 9. The Morgan fingerprint density at radius 3 is 1.18 bits per heavy atom. The Morgan fingerprint density at radius 1 is 0.380 bits per heavy atom. The molecule has 0 saturated carbocycles. The van der Waals surface area contributed by atoms with Gasteiger partial charge in [0, 0.05) is 250 Å². The highest BCUT2D eigenvalue weighted by atomic mass is 32.2. The number of carbonyl (C=O) groups is 3. The number of H-pyrrole nitrogens is 8. The van der Waals surface area contributed by atoms with Crippen molar-refractivity contribution in [3.8, 4) is 111 Å². The first-order chi connectivity index (χ1) is 68.8. The number of amides is 1. The summed E-state index contributed by atoms with van der Waals surface area (Å²) < 4.78 is 57.4. The van der Waals surface area contributed by atoms with Crippen LogP contribution < -0.4 is 25.0 Å². The molecule has 0 aliphatic carbocycles. The van der Waals surface area contributed by atoms with Crippen LogP contribution in [0.1, 0.15) is 56.9 Å². The van der Waals surface area contributed by atoms with Crippen LogP contribution in [0.2, 0.25) is 0 Å². The molecule has 0 fully saturated rings. The topological polar surface area (TPSA) is 406 Å². The molecule has 32 nitrogen and oxygen atoms in total. The number of aromatic nitrogens is 20. The Labute approximate surface area is 816 Å². The third-order valence-corrected chi connectivity index (χ3v) is 26.3. The normalized spacial score (nSPS) is 11.3. The van der Waals surface area contributed by atoms with Gasteiger partial charge < -0.3 is 44.7 Å². The summed E-state index contributed by atoms with van der Waals surface area (Å²) in [5, 5.41) is 33.9. The van der Waals surface area contributed by atoms with Gasteiger partial charge in [0.2, 0.25) is 0 Å². The Bertz CT molecular complexity index is 8440. The minimum atomic E-state index is -3.62. The van der Waals surface area contributed by atoms with Gasteiger partial charge in [-0.3, -0.25) is 19.8 Å². The standard InChI is InChI=1S/C25H23N5O2S.C25H21N5O.C20H19N5O.C19H19N5O2S.C19H16N4O2/c1-29(2)22-10-8-19(9-11-22)20-12-23-24(15-27-25(23)26-13-20)21-14-28-30(16-21)33(31,32)17-18-6-4-3-5-7-18;1-29(2)21-10-8-17(9-11-21)19-12-22-23(15-27-24(22)26-13-19)20-14-28-30(16-20)25(31)18-6-4-3-5-7-18;1-2-7-21-20(26)14-5-3-13(4-6-14)15-8-17-18(16-10-24-25-11-16)12-23-19(17)22-9-15;1-23(2)16-6-4-13(5-7-16)14-8-17-18(11-21-19(17)20-9-14)15-10-22-24(12-15)27(3,25)26;1-2-25-19(24)13-5-3-12(4-6-13)14-7-16-17(15-9-22-23-10-15)11-21-18(16)20-8-14/h3-16H,17H2,1-2H3,(H,26,27);3-16H,1-2H3,(H,26,27);3-6,8-12H,2,7H2,1H3,(H,21,26)(H,22,23)(H,24,25);4-12H,1-3H3,(H,20,21);3-11H,2H2,1H3,(H,20,21)(H,22,23)/p+1. The van der Waals surface area contributed by atoms with Gasteiger partial charge in [-0.15, -0.1) is 0 Å². The van der Waals surface area contributed by atoms with Crippen molar-refractivity contribution in [3.63, 3.8) is 0 Å². The average Bonchev–Trinajstić information content (AvgIpc) is 1.64. The van der Waals surface area contributed by atoms with E-state index in [1.807, 2.05) is 196 Å². The lowest BCUT2D eigenvalue weighted by atomic mass is 10.0. The van der Waals surface area contributed by atoms with Crippen molar-refractivity contribution in [2.45, 2.75) is 26.0 Å². The van der Waals surface area contributed by atoms with E-state index in [-0.39, 0.29) is 23.5 Å². The summed E-state index contributed by atoms with van der Waals surface area (Å²) in [5.74, 6) is -0.618. The average molecular weight is 1930 g/mol. The van der Waals surface area contributed by atoms with Crippen LogP contribution in [0, 0.1) is 0 Å². The molecular formula is C108H99N24O8S2+. The zero-order valence-electron chi connectivity index (χ0n) is 78.9. The minimum absolute atomic E-state index is 0.0418. The molecular weight excluding hydrogens is 1830 g/mol. The number of rotatable bonds is 23. The first-order valence-electron chi connectivity index (χ1n) is 45.5. The van der Waals surface area contributed by atoms with Crippen LogP contribution in [0.15, 0.2) is 336 Å². The smallest absolute Gasteiger partial charge is 0.338 e. The number of esters is 1. The Morgan fingerprint density at radius 2 is 0.761 bits per heavy atom. The number of fused-ring (bicyclic) bond motifs is 5. The molecule has 0 bridgehead atoms. The van der Waals surface area contributed by atoms with Crippen LogP contribution in [0.25, 0.3) is 166 Å². The molecule has 22 rings (SSSR count). The Kier molecular flexibility index (Phi) is 27.6. The van der Waals surface area contributed by atoms with Crippen LogP contribution in [0.4, 0.5) is 17.1 Å². The SMILES string of the molecule is CCCNC(=O)c1ccc(-c2cnc3[nH]cc(-c4cn[nH]c4)c3c2)cc1.CCOC(=O)c1ccc(-c2cnc3[nH]cc(-c4cn[nH]c4)c3c2)cc1.CN(C)c1ccc(-c2c[nH+]c3[nH]cc(-c4cnn(C(=O)c5ccccc5)c4)c3c2)cc1.CN(C)c1ccc(-c2cnc3[nH]cc(-c4cnn(S(=O)(=O)Cc5ccccc5)c4)c3c2)cc1.CN(C)c1ccc(-c2cnc3[nH]cc(-c4cnn(S(C)(=O)=O)c4)c3c2)cc1. The molecule has 1 amide bonds. The van der Waals surface area contributed by atoms with Crippen molar-refractivity contribution in [1.82, 2.24) is 98.7 Å². The molecule has 0 saturated heterocycles. The molecule has 0 aliphatic heterocycles. The highest BCUT2D eigenvalue weighted by molar-refractivity contribution is 7.89. The lowest BCUT2D eigenvalue weighted by Gasteiger charge is -2.12. The summed E-state index contributed by atoms with van der Waals surface area (Å²) in [6.45, 7) is 4.88. The number of hydrogen-bond acceptors (Lipinski definition) is 20. The maximum Gasteiger partial charge on any atom is 0.338 e. The number of ether oxygens (including phenoxy) is 1. The predicted octanol–water partition coefficient (Wildman–Crippen LogP) is 19.3. The number of anilines is 3. The Balaban J connectivity index is 0.000000118. The first-order valence-corrected chi connectivity index (χ1v) is 48.9. The van der Waals surface area contributed by atoms with E-state index in [4.69, 9.17) is 4.74 Å². The summed E-state index contributed by atoms with van der Waals surface area (Å²) in [5.41, 5.74) is 29.4. The quantitative estimate of drug-likeness (QED) is 0.0276. The van der Waals surface area contributed by atoms with E-state index < -0.39 is 20.0 Å². The lowest BCUT2D eigenvalue weighted by molar-refractivity contribution is -0.346. The molecule has 7 aromatic carbocycles. The van der Waals surface area contributed by atoms with E-state index >= 15 is 0 Å². The highest BCUT2D eigenvalue weighted by Crippen LogP contribution is 2.39. The van der Waals surface area contributed by atoms with E-state index in [9.17, 15) is 31.2 Å². The second-order valence-corrected chi connectivity index (χ2v) is 37.8. The predicted molar refractivity (Wildman–Crippen MR) is 558 cm³/mol. The van der Waals surface area contributed by atoms with Gasteiger partial charge in [-0.1, -0.05) is 116 Å². The number of carbonyl (C=O) groups excluding carboxylic acids is 3. The molecule has 22 aromatic rings. The van der Waals surface area contributed by atoms with Crippen LogP contribution in [-0.4, -0.2) is 190 Å². The van der Waals surface area contributed by atoms with Crippen LogP contribution in [-0.2, 0) is 30.5 Å². The largest absolute Gasteiger partial charge is 0.462 e. The molecule has 710 valence electrons. The van der Waals surface area contributed by atoms with Crippen molar-refractivity contribution < 1.29 is 40.9 Å². The molecule has 15 aromatic heterocycles. The van der Waals surface area contributed by atoms with Gasteiger partial charge in [0.1, 0.15) is 22.6 Å². The Hall–Kier alpha value is -18.1. The van der Waals surface area contributed by atoms with Crippen molar-refractivity contribution >= 4 is 110 Å². The molecule has 0 unspecified atom stereocenters. The first kappa shape index (κ1) is 94.3. The van der Waals surface area contributed by atoms with Crippen LogP contribution >= 0.6 is 0 Å². The van der Waals surface area contributed by atoms with E-state index in [0.717, 1.165) is 199 Å². The zero-order valence-corrected chi connectivity index (χ0v) is 80.5. The van der Waals surface area contributed by atoms with Gasteiger partial charge in [-0.25, -0.2) is 56.2 Å². The number of benzene rings is 7. The fourth-order valence-electron chi connectivity index (χ4n) is 16.2. The van der Waals surface area contributed by atoms with E-state index in [2.05, 4.69) is 209 Å². The molecule has 0 aliphatic rings. The van der Waals surface area contributed by atoms with Gasteiger partial charge in [-0.05, 0) is 150 Å². The number of aromatic amines is 8. The van der Waals surface area contributed by atoms with Crippen LogP contribution in [0.3, 0.4) is 0 Å². The molecule has 34 heteroatoms. The number of pyridine rings is 5. The van der Waals surface area contributed by atoms with Crippen molar-refractivity contribution in [1.29, 1.82) is 0 Å². The molecule has 0 radical (unpaired) electrons. The van der Waals surface area contributed by atoms with Gasteiger partial charge >= 0.3 is 5.97 Å². The fraction of sp³-hybridized carbons (Fsp3) is 0.120. The van der Waals surface area contributed by atoms with E-state index in [1.54, 1.807) is 86.7 Å². The monoisotopic (exact) mass is 1920 g/mol. The minimum Gasteiger partial charge on any atom is -0.462 e. The third kappa shape index (κ3) is 21.1. The van der Waals surface area contributed by atoms with Gasteiger partial charge in [0.15, 0.2) is 0 Å². The van der Waals surface area contributed by atoms with Gasteiger partial charge in [0.05, 0.1) is 85.3 Å². The van der Waals surface area contributed by atoms with Crippen molar-refractivity contribution in [2.24, 2.45) is 0 Å². The summed E-state index contributed by atoms with van der Waals surface area (Å²) in [6.07, 6.45) is 37.8. The fourth-order valence-corrected chi connectivity index (χ4v) is 18.0. The summed E-state index contributed by atoms with van der Waals surface area (Å²) in [4.78, 5) is 80.0. The van der Waals surface area contributed by atoms with E-state index in [1.165, 1.54) is 10.9 Å². The van der Waals surface area contributed by atoms with Gasteiger partial charge in [-0.2, -0.15) is 33.7 Å². The third-order valence-electron chi connectivity index (χ3n) is 23.9. The molecule has 142 heavy (non-hydrogen) atoms. The number of hydrogen-bond donors (Lipinski definition) is 8. The second kappa shape index (κ2) is 41.5. The maximum atomic E-state index is 12.8. The van der Waals surface area contributed by atoms with Crippen molar-refractivity contribution in [2.75, 3.05) is 76.4 Å². The summed E-state index contributed by atoms with van der Waals surface area (Å²) in [7, 11) is 5.05. The van der Waals surface area contributed by atoms with E-state index in [0.29, 0.717) is 41.0 Å². The summed E-state index contributed by atoms with van der Waals surface area (Å²) >= 11 is 0. The molecule has 15 heterocycles. The molecule has 0 atom stereocenters.